The van der Waals surface area contributed by atoms with Crippen molar-refractivity contribution in [1.82, 2.24) is 4.98 Å². The maximum absolute atomic E-state index is 6.34. The molecule has 0 bridgehead atoms. The maximum atomic E-state index is 6.34. The molecule has 0 spiro atoms. The molecule has 1 heterocycles. The quantitative estimate of drug-likeness (QED) is 0.818. The molecule has 0 aliphatic carbocycles. The number of benzene rings is 1. The van der Waals surface area contributed by atoms with Gasteiger partial charge in [-0.15, -0.1) is 0 Å². The summed E-state index contributed by atoms with van der Waals surface area (Å²) in [6, 6.07) is 1.90. The Balaban J connectivity index is 2.97. The number of nitrogens with zero attached hydrogens (tertiary/aromatic N) is 1. The van der Waals surface area contributed by atoms with Crippen molar-refractivity contribution >= 4 is 22.5 Å². The molecule has 3 nitrogen and oxygen atoms in total. The minimum atomic E-state index is 0.634. The fraction of sp³-hybridized carbons (Fsp3) is 0.308. The zero-order chi connectivity index (χ0) is 12.6. The minimum absolute atomic E-state index is 0.634. The maximum Gasteiger partial charge on any atom is 0.171 e. The molecule has 1 aromatic carbocycles. The van der Waals surface area contributed by atoms with Crippen LogP contribution in [0.1, 0.15) is 11.1 Å². The number of fused-ring (bicyclic) bond motifs is 1. The van der Waals surface area contributed by atoms with Crippen molar-refractivity contribution in [2.45, 2.75) is 13.8 Å². The van der Waals surface area contributed by atoms with E-state index in [2.05, 4.69) is 4.98 Å². The van der Waals surface area contributed by atoms with E-state index in [1.165, 1.54) is 0 Å². The molecule has 1 aromatic heterocycles. The van der Waals surface area contributed by atoms with Crippen LogP contribution in [0, 0.1) is 13.8 Å². The van der Waals surface area contributed by atoms with Gasteiger partial charge >= 0.3 is 0 Å². The van der Waals surface area contributed by atoms with E-state index in [1.54, 1.807) is 20.4 Å². The van der Waals surface area contributed by atoms with Crippen LogP contribution in [-0.2, 0) is 0 Å². The largest absolute Gasteiger partial charge is 0.493 e. The second kappa shape index (κ2) is 4.41. The van der Waals surface area contributed by atoms with E-state index < -0.39 is 0 Å². The van der Waals surface area contributed by atoms with Crippen molar-refractivity contribution in [2.24, 2.45) is 0 Å². The summed E-state index contributed by atoms with van der Waals surface area (Å²) in [5, 5.41) is 1.47. The smallest absolute Gasteiger partial charge is 0.171 e. The topological polar surface area (TPSA) is 31.4 Å². The molecule has 0 atom stereocenters. The van der Waals surface area contributed by atoms with Crippen molar-refractivity contribution in [1.29, 1.82) is 0 Å². The lowest BCUT2D eigenvalue weighted by Gasteiger charge is -2.14. The van der Waals surface area contributed by atoms with Crippen molar-refractivity contribution in [3.8, 4) is 11.5 Å². The van der Waals surface area contributed by atoms with E-state index in [0.29, 0.717) is 16.5 Å². The molecule has 2 rings (SSSR count). The summed E-state index contributed by atoms with van der Waals surface area (Å²) in [6.07, 6.45) is 1.77. The number of aryl methyl sites for hydroxylation is 2. The van der Waals surface area contributed by atoms with Crippen LogP contribution < -0.4 is 9.47 Å². The van der Waals surface area contributed by atoms with Gasteiger partial charge in [-0.05, 0) is 31.0 Å². The summed E-state index contributed by atoms with van der Waals surface area (Å²) in [6.45, 7) is 3.89. The van der Waals surface area contributed by atoms with E-state index in [9.17, 15) is 0 Å². The van der Waals surface area contributed by atoms with Crippen LogP contribution in [0.25, 0.3) is 10.9 Å². The summed E-state index contributed by atoms with van der Waals surface area (Å²) in [4.78, 5) is 4.41. The fourth-order valence-electron chi connectivity index (χ4n) is 1.90. The minimum Gasteiger partial charge on any atom is -0.493 e. The molecule has 17 heavy (non-hydrogen) atoms. The van der Waals surface area contributed by atoms with Gasteiger partial charge in [0.05, 0.1) is 30.1 Å². The van der Waals surface area contributed by atoms with Gasteiger partial charge in [0.15, 0.2) is 11.5 Å². The number of pyridine rings is 1. The van der Waals surface area contributed by atoms with E-state index in [4.69, 9.17) is 21.1 Å². The van der Waals surface area contributed by atoms with Crippen molar-refractivity contribution in [3.05, 3.63) is 28.4 Å². The Kier molecular flexibility index (Phi) is 3.11. The first-order valence-corrected chi connectivity index (χ1v) is 5.64. The first-order valence-electron chi connectivity index (χ1n) is 5.26. The van der Waals surface area contributed by atoms with Crippen molar-refractivity contribution in [3.63, 3.8) is 0 Å². The summed E-state index contributed by atoms with van der Waals surface area (Å²) >= 11 is 6.34. The number of hydrogen-bond acceptors (Lipinski definition) is 3. The first kappa shape index (κ1) is 12.0. The molecule has 0 aliphatic heterocycles. The summed E-state index contributed by atoms with van der Waals surface area (Å²) in [5.41, 5.74) is 2.78. The van der Waals surface area contributed by atoms with Gasteiger partial charge in [-0.2, -0.15) is 0 Å². The predicted molar refractivity (Wildman–Crippen MR) is 69.3 cm³/mol. The Morgan fingerprint density at radius 3 is 2.41 bits per heavy atom. The van der Waals surface area contributed by atoms with Crippen LogP contribution >= 0.6 is 11.6 Å². The number of methoxy groups -OCH3 is 2. The summed E-state index contributed by atoms with van der Waals surface area (Å²) in [5.74, 6) is 1.31. The number of aromatic nitrogens is 1. The highest BCUT2D eigenvalue weighted by Crippen LogP contribution is 2.41. The van der Waals surface area contributed by atoms with Gasteiger partial charge in [0, 0.05) is 6.20 Å². The molecule has 2 aromatic rings. The molecule has 0 saturated heterocycles. The Labute approximate surface area is 105 Å². The zero-order valence-electron chi connectivity index (χ0n) is 10.3. The molecular weight excluding hydrogens is 238 g/mol. The Morgan fingerprint density at radius 1 is 1.12 bits per heavy atom. The molecule has 4 heteroatoms. The Hall–Kier alpha value is -1.48. The fourth-order valence-corrected chi connectivity index (χ4v) is 2.12. The molecule has 0 amide bonds. The van der Waals surface area contributed by atoms with Crippen LogP contribution in [0.5, 0.6) is 11.5 Å². The highest BCUT2D eigenvalue weighted by molar-refractivity contribution is 6.36. The normalized spacial score (nSPS) is 10.6. The van der Waals surface area contributed by atoms with Gasteiger partial charge in [-0.1, -0.05) is 11.6 Å². The molecule has 0 N–H and O–H groups in total. The number of hydrogen-bond donors (Lipinski definition) is 0. The van der Waals surface area contributed by atoms with E-state index in [0.717, 1.165) is 22.0 Å². The second-order valence-corrected chi connectivity index (χ2v) is 4.29. The average Bonchev–Trinajstić information content (AvgIpc) is 2.33. The van der Waals surface area contributed by atoms with Gasteiger partial charge in [0.25, 0.3) is 0 Å². The zero-order valence-corrected chi connectivity index (χ0v) is 11.1. The van der Waals surface area contributed by atoms with Gasteiger partial charge in [0.1, 0.15) is 0 Å². The molecule has 90 valence electrons. The third-order valence-electron chi connectivity index (χ3n) is 2.79. The molecule has 0 aliphatic rings. The van der Waals surface area contributed by atoms with Crippen LogP contribution in [-0.4, -0.2) is 19.2 Å². The molecular formula is C13H14ClNO2. The Bertz CT molecular complexity index is 581. The lowest BCUT2D eigenvalue weighted by Crippen LogP contribution is -1.96. The van der Waals surface area contributed by atoms with Gasteiger partial charge < -0.3 is 9.47 Å². The van der Waals surface area contributed by atoms with E-state index >= 15 is 0 Å². The van der Waals surface area contributed by atoms with E-state index in [1.807, 2.05) is 19.9 Å². The molecule has 0 fully saturated rings. The van der Waals surface area contributed by atoms with Crippen LogP contribution in [0.15, 0.2) is 12.3 Å². The van der Waals surface area contributed by atoms with Gasteiger partial charge in [-0.25, -0.2) is 0 Å². The predicted octanol–water partition coefficient (Wildman–Crippen LogP) is 3.52. The average molecular weight is 252 g/mol. The molecule has 0 saturated carbocycles. The Morgan fingerprint density at radius 2 is 1.82 bits per heavy atom. The monoisotopic (exact) mass is 251 g/mol. The van der Waals surface area contributed by atoms with Gasteiger partial charge in [0.2, 0.25) is 0 Å². The van der Waals surface area contributed by atoms with Crippen molar-refractivity contribution < 1.29 is 9.47 Å². The molecule has 0 radical (unpaired) electrons. The third kappa shape index (κ3) is 1.80. The molecule has 0 unspecified atom stereocenters. The second-order valence-electron chi connectivity index (χ2n) is 3.91. The number of halogens is 1. The third-order valence-corrected chi connectivity index (χ3v) is 3.27. The lowest BCUT2D eigenvalue weighted by molar-refractivity contribution is 0.358. The lowest BCUT2D eigenvalue weighted by atomic mass is 10.1. The van der Waals surface area contributed by atoms with Gasteiger partial charge in [-0.3, -0.25) is 4.98 Å². The van der Waals surface area contributed by atoms with Crippen LogP contribution in [0.3, 0.4) is 0 Å². The van der Waals surface area contributed by atoms with Crippen LogP contribution in [0.2, 0.25) is 5.02 Å². The summed E-state index contributed by atoms with van der Waals surface area (Å²) < 4.78 is 10.7. The standard InChI is InChI=1S/C13H14ClNO2/c1-7-5-9(16-3)13(17-4)10-11(14)8(2)6-15-12(7)10/h5-6H,1-4H3. The highest BCUT2D eigenvalue weighted by atomic mass is 35.5. The van der Waals surface area contributed by atoms with E-state index in [-0.39, 0.29) is 0 Å². The number of rotatable bonds is 2. The SMILES string of the molecule is COc1cc(C)c2ncc(C)c(Cl)c2c1OC. The summed E-state index contributed by atoms with van der Waals surface area (Å²) in [7, 11) is 3.21. The highest BCUT2D eigenvalue weighted by Gasteiger charge is 2.16. The number of ether oxygens (including phenoxy) is 2. The van der Waals surface area contributed by atoms with Crippen LogP contribution in [0.4, 0.5) is 0 Å². The first-order chi connectivity index (χ1) is 8.10. The van der Waals surface area contributed by atoms with Crippen molar-refractivity contribution in [2.75, 3.05) is 14.2 Å².